The Bertz CT molecular complexity index is 2190. The number of hydrogen-bond acceptors (Lipinski definition) is 6. The van der Waals surface area contributed by atoms with Crippen molar-refractivity contribution < 1.29 is 31.1 Å². The SMILES string of the molecule is C[C@@H]1[C@@H]2c3c(C(F)F)nn(CC(=O)N[C@H](Cc4cc(F)cc(F)c4)c4nc5cn[nH]c5cc4-c4ccc5scnc5c4)c3C(F)(F)[C@H]12. The van der Waals surface area contributed by atoms with Crippen molar-refractivity contribution in [2.75, 3.05) is 0 Å². The number of aromatic amines is 1. The van der Waals surface area contributed by atoms with E-state index in [4.69, 9.17) is 4.98 Å². The Morgan fingerprint density at radius 3 is 2.64 bits per heavy atom. The standard InChI is InChI=1S/C32H23F6N7OS/c1-13-25-26-29(31(35)36)44-45(30(26)32(37,38)27(13)25)11-24(46)41-21(6-14-4-16(33)8-17(34)5-14)28-18(9-19-22(42-28)10-40-43-19)15-2-3-23-20(7-15)39-12-47-23/h2-5,7-10,12-13,21,25,27,31H,6,11H2,1H3,(H,40,43)(H,41,46)/t13-,21-,25-,27-/m1/s1. The van der Waals surface area contributed by atoms with Crippen LogP contribution in [-0.4, -0.2) is 35.9 Å². The largest absolute Gasteiger partial charge is 0.346 e. The van der Waals surface area contributed by atoms with Gasteiger partial charge in [-0.1, -0.05) is 13.0 Å². The summed E-state index contributed by atoms with van der Waals surface area (Å²) in [6, 6.07) is 9.21. The highest BCUT2D eigenvalue weighted by Gasteiger charge is 2.71. The van der Waals surface area contributed by atoms with Crippen LogP contribution in [0.25, 0.3) is 32.4 Å². The van der Waals surface area contributed by atoms with Crippen molar-refractivity contribution in [1.29, 1.82) is 0 Å². The molecule has 15 heteroatoms. The van der Waals surface area contributed by atoms with E-state index in [0.717, 1.165) is 16.8 Å². The zero-order chi connectivity index (χ0) is 32.8. The molecule has 0 saturated heterocycles. The molecule has 4 atom stereocenters. The van der Waals surface area contributed by atoms with Crippen molar-refractivity contribution >= 4 is 38.5 Å². The number of hydrogen-bond donors (Lipinski definition) is 2. The normalized spacial score (nSPS) is 20.1. The first-order valence-electron chi connectivity index (χ1n) is 14.7. The summed E-state index contributed by atoms with van der Waals surface area (Å²) < 4.78 is 88.9. The number of thiazole rings is 1. The second kappa shape index (κ2) is 10.6. The summed E-state index contributed by atoms with van der Waals surface area (Å²) in [5.41, 5.74) is 3.51. The van der Waals surface area contributed by atoms with E-state index in [1.807, 2.05) is 18.2 Å². The predicted molar refractivity (Wildman–Crippen MR) is 160 cm³/mol. The van der Waals surface area contributed by atoms with Crippen LogP contribution in [0.4, 0.5) is 26.3 Å². The van der Waals surface area contributed by atoms with Crippen LogP contribution in [0.5, 0.6) is 0 Å². The topological polar surface area (TPSA) is 101 Å². The number of carbonyl (C=O) groups is 1. The fraction of sp³-hybridized carbons (Fsp3) is 0.281. The molecule has 240 valence electrons. The van der Waals surface area contributed by atoms with Gasteiger partial charge >= 0.3 is 0 Å². The van der Waals surface area contributed by atoms with E-state index in [9.17, 15) is 22.4 Å². The van der Waals surface area contributed by atoms with Crippen LogP contribution in [0.15, 0.2) is 54.2 Å². The Hall–Kier alpha value is -4.79. The fourth-order valence-electron chi connectivity index (χ4n) is 7.04. The third-order valence-corrected chi connectivity index (χ3v) is 9.90. The molecule has 1 fully saturated rings. The summed E-state index contributed by atoms with van der Waals surface area (Å²) in [6.07, 6.45) is -1.78. The first kappa shape index (κ1) is 29.6. The lowest BCUT2D eigenvalue weighted by Gasteiger charge is -2.23. The molecule has 2 aliphatic carbocycles. The smallest absolute Gasteiger partial charge is 0.293 e. The van der Waals surface area contributed by atoms with Gasteiger partial charge in [0.1, 0.15) is 35.1 Å². The molecule has 47 heavy (non-hydrogen) atoms. The lowest BCUT2D eigenvalue weighted by molar-refractivity contribution is -0.123. The maximum atomic E-state index is 15.4. The number of nitrogens with zero attached hydrogens (tertiary/aromatic N) is 5. The number of amides is 1. The van der Waals surface area contributed by atoms with Gasteiger partial charge in [0.25, 0.3) is 12.3 Å². The third-order valence-electron chi connectivity index (χ3n) is 9.09. The van der Waals surface area contributed by atoms with Gasteiger partial charge in [0.2, 0.25) is 5.91 Å². The molecule has 0 spiro atoms. The Labute approximate surface area is 265 Å². The quantitative estimate of drug-likeness (QED) is 0.167. The Kier molecular flexibility index (Phi) is 6.69. The molecular weight excluding hydrogens is 644 g/mol. The first-order valence-corrected chi connectivity index (χ1v) is 15.6. The average molecular weight is 668 g/mol. The van der Waals surface area contributed by atoms with Gasteiger partial charge in [0, 0.05) is 29.0 Å². The Morgan fingerprint density at radius 2 is 1.87 bits per heavy atom. The fourth-order valence-corrected chi connectivity index (χ4v) is 7.70. The molecular formula is C32H23F6N7OS. The summed E-state index contributed by atoms with van der Waals surface area (Å²) in [7, 11) is 0. The van der Waals surface area contributed by atoms with Gasteiger partial charge in [-0.05, 0) is 53.8 Å². The molecule has 2 aromatic carbocycles. The minimum absolute atomic E-state index is 0.153. The van der Waals surface area contributed by atoms with E-state index in [0.29, 0.717) is 44.1 Å². The number of rotatable bonds is 8. The minimum atomic E-state index is -3.44. The van der Waals surface area contributed by atoms with E-state index < -0.39 is 71.6 Å². The molecule has 4 heterocycles. The predicted octanol–water partition coefficient (Wildman–Crippen LogP) is 7.20. The van der Waals surface area contributed by atoms with Gasteiger partial charge in [-0.25, -0.2) is 27.5 Å². The third kappa shape index (κ3) is 4.86. The first-order chi connectivity index (χ1) is 22.5. The molecule has 1 amide bonds. The van der Waals surface area contributed by atoms with Crippen LogP contribution < -0.4 is 5.32 Å². The summed E-state index contributed by atoms with van der Waals surface area (Å²) in [5.74, 6) is -8.30. The highest BCUT2D eigenvalue weighted by atomic mass is 32.1. The number of pyridine rings is 1. The molecule has 0 radical (unpaired) electrons. The van der Waals surface area contributed by atoms with Gasteiger partial charge in [-0.3, -0.25) is 14.6 Å². The summed E-state index contributed by atoms with van der Waals surface area (Å²) in [4.78, 5) is 22.8. The second-order valence-corrected chi connectivity index (χ2v) is 12.9. The van der Waals surface area contributed by atoms with Crippen molar-refractivity contribution in [3.63, 3.8) is 0 Å². The average Bonchev–Trinajstić information content (AvgIpc) is 3.48. The molecule has 6 aromatic rings. The van der Waals surface area contributed by atoms with Crippen LogP contribution in [0.3, 0.4) is 0 Å². The summed E-state index contributed by atoms with van der Waals surface area (Å²) in [6.45, 7) is 0.791. The van der Waals surface area contributed by atoms with Crippen LogP contribution in [0, 0.1) is 23.5 Å². The second-order valence-electron chi connectivity index (χ2n) is 12.0. The van der Waals surface area contributed by atoms with E-state index >= 15 is 8.78 Å². The molecule has 8 nitrogen and oxygen atoms in total. The Morgan fingerprint density at radius 1 is 1.09 bits per heavy atom. The number of nitrogens with one attached hydrogen (secondary N) is 2. The lowest BCUT2D eigenvalue weighted by Crippen LogP contribution is -2.35. The highest BCUT2D eigenvalue weighted by Crippen LogP contribution is 2.71. The maximum Gasteiger partial charge on any atom is 0.293 e. The zero-order valence-corrected chi connectivity index (χ0v) is 25.1. The molecule has 2 aliphatic rings. The molecule has 8 rings (SSSR count). The molecule has 0 unspecified atom stereocenters. The number of benzene rings is 2. The molecule has 1 saturated carbocycles. The minimum Gasteiger partial charge on any atom is -0.346 e. The number of H-pyrrole nitrogens is 1. The molecule has 0 bridgehead atoms. The number of carbonyl (C=O) groups excluding carboxylic acids is 1. The van der Waals surface area contributed by atoms with Crippen molar-refractivity contribution in [2.45, 2.75) is 44.2 Å². The molecule has 2 N–H and O–H groups in total. The van der Waals surface area contributed by atoms with Gasteiger partial charge < -0.3 is 5.32 Å². The number of halogens is 6. The molecule has 4 aromatic heterocycles. The van der Waals surface area contributed by atoms with E-state index in [2.05, 4.69) is 25.6 Å². The monoisotopic (exact) mass is 667 g/mol. The summed E-state index contributed by atoms with van der Waals surface area (Å²) in [5, 5.41) is 13.5. The lowest BCUT2D eigenvalue weighted by atomic mass is 9.94. The van der Waals surface area contributed by atoms with Crippen molar-refractivity contribution in [2.24, 2.45) is 11.8 Å². The zero-order valence-electron chi connectivity index (χ0n) is 24.3. The number of fused-ring (bicyclic) bond motifs is 5. The van der Waals surface area contributed by atoms with Crippen LogP contribution in [0.1, 0.15) is 53.5 Å². The summed E-state index contributed by atoms with van der Waals surface area (Å²) >= 11 is 1.45. The van der Waals surface area contributed by atoms with Crippen LogP contribution in [-0.2, 0) is 23.7 Å². The van der Waals surface area contributed by atoms with Crippen LogP contribution >= 0.6 is 11.3 Å². The van der Waals surface area contributed by atoms with E-state index in [-0.39, 0.29) is 17.5 Å². The van der Waals surface area contributed by atoms with Crippen LogP contribution in [0.2, 0.25) is 0 Å². The van der Waals surface area contributed by atoms with Gasteiger partial charge in [0.15, 0.2) is 0 Å². The Balaban J connectivity index is 1.21. The number of alkyl halides is 4. The van der Waals surface area contributed by atoms with Crippen molar-refractivity contribution in [1.82, 2.24) is 35.3 Å². The maximum absolute atomic E-state index is 15.4. The van der Waals surface area contributed by atoms with Crippen molar-refractivity contribution in [3.05, 3.63) is 94.0 Å². The van der Waals surface area contributed by atoms with Gasteiger partial charge in [0.05, 0.1) is 39.2 Å². The van der Waals surface area contributed by atoms with Crippen molar-refractivity contribution in [3.8, 4) is 11.1 Å². The van der Waals surface area contributed by atoms with Gasteiger partial charge in [-0.2, -0.15) is 19.0 Å². The number of aromatic nitrogens is 6. The van der Waals surface area contributed by atoms with E-state index in [1.54, 1.807) is 18.5 Å². The molecule has 0 aliphatic heterocycles. The van der Waals surface area contributed by atoms with Gasteiger partial charge in [-0.15, -0.1) is 11.3 Å². The van der Waals surface area contributed by atoms with E-state index in [1.165, 1.54) is 17.5 Å². The highest BCUT2D eigenvalue weighted by molar-refractivity contribution is 7.16.